The Labute approximate surface area is 63.4 Å². The van der Waals surface area contributed by atoms with E-state index in [2.05, 4.69) is 0 Å². The minimum absolute atomic E-state index is 0. The molecule has 7 heavy (non-hydrogen) atoms. The molecule has 0 bridgehead atoms. The first-order valence-corrected chi connectivity index (χ1v) is 1.97. The Morgan fingerprint density at radius 1 is 1.71 bits per heavy atom. The molecule has 0 aromatic rings. The first kappa shape index (κ1) is 10.4. The summed E-state index contributed by atoms with van der Waals surface area (Å²) < 4.78 is 0. The predicted molar refractivity (Wildman–Crippen MR) is 19.9 cm³/mol. The summed E-state index contributed by atoms with van der Waals surface area (Å²) in [5, 5.41) is 9.49. The summed E-state index contributed by atoms with van der Waals surface area (Å²) in [6.07, 6.45) is 0.850. The van der Waals surface area contributed by atoms with Gasteiger partial charge in [0.05, 0.1) is 0 Å². The molecule has 0 fully saturated rings. The number of rotatable bonds is 2. The maximum Gasteiger partial charge on any atom is 1.00 e. The molecule has 0 atom stereocenters. The van der Waals surface area contributed by atoms with E-state index in [1.54, 1.807) is 6.92 Å². The van der Waals surface area contributed by atoms with E-state index in [0.29, 0.717) is 6.42 Å². The SMILES string of the molecule is CCCC(=O)[O-].[Hg+]. The van der Waals surface area contributed by atoms with Crippen LogP contribution in [0.2, 0.25) is 0 Å². The summed E-state index contributed by atoms with van der Waals surface area (Å²) in [4.78, 5) is 9.49. The van der Waals surface area contributed by atoms with Crippen molar-refractivity contribution in [2.24, 2.45) is 0 Å². The van der Waals surface area contributed by atoms with Crippen molar-refractivity contribution in [3.05, 3.63) is 0 Å². The summed E-state index contributed by atoms with van der Waals surface area (Å²) in [6, 6.07) is 0. The van der Waals surface area contributed by atoms with Gasteiger partial charge in [-0.1, -0.05) is 13.3 Å². The topological polar surface area (TPSA) is 40.1 Å². The van der Waals surface area contributed by atoms with Crippen LogP contribution in [0.25, 0.3) is 0 Å². The third kappa shape index (κ3) is 10.7. The molecule has 0 aliphatic heterocycles. The van der Waals surface area contributed by atoms with E-state index in [9.17, 15) is 9.90 Å². The Hall–Kier alpha value is 0.405. The van der Waals surface area contributed by atoms with E-state index in [1.807, 2.05) is 0 Å². The number of carboxylic acids is 1. The third-order valence-corrected chi connectivity index (χ3v) is 0.454. The van der Waals surface area contributed by atoms with Crippen LogP contribution in [0, 0.1) is 0 Å². The third-order valence-electron chi connectivity index (χ3n) is 0.454. The molecule has 0 unspecified atom stereocenters. The van der Waals surface area contributed by atoms with Gasteiger partial charge in [0.2, 0.25) is 0 Å². The Morgan fingerprint density at radius 3 is 2.14 bits per heavy atom. The largest absolute Gasteiger partial charge is 1.00 e. The zero-order valence-corrected chi connectivity index (χ0v) is 9.94. The molecule has 37 valence electrons. The van der Waals surface area contributed by atoms with Crippen LogP contribution in [0.4, 0.5) is 0 Å². The van der Waals surface area contributed by atoms with Crippen molar-refractivity contribution < 1.29 is 37.6 Å². The van der Waals surface area contributed by atoms with Crippen molar-refractivity contribution in [3.63, 3.8) is 0 Å². The number of aliphatic carboxylic acids is 1. The van der Waals surface area contributed by atoms with E-state index in [1.165, 1.54) is 0 Å². The molecule has 0 saturated carbocycles. The van der Waals surface area contributed by atoms with Crippen molar-refractivity contribution in [2.75, 3.05) is 0 Å². The number of carbonyl (C=O) groups excluding carboxylic acids is 1. The second-order valence-electron chi connectivity index (χ2n) is 1.12. The zero-order chi connectivity index (χ0) is 4.99. The van der Waals surface area contributed by atoms with Gasteiger partial charge >= 0.3 is 27.7 Å². The van der Waals surface area contributed by atoms with Crippen molar-refractivity contribution in [1.29, 1.82) is 0 Å². The number of carbonyl (C=O) groups is 1. The molecule has 0 heterocycles. The molecule has 2 nitrogen and oxygen atoms in total. The second-order valence-corrected chi connectivity index (χ2v) is 1.12. The average Bonchev–Trinajstić information content (AvgIpc) is 1.35. The Kier molecular flexibility index (Phi) is 9.51. The smallest absolute Gasteiger partial charge is 0.550 e. The fourth-order valence-electron chi connectivity index (χ4n) is 0.204. The van der Waals surface area contributed by atoms with Gasteiger partial charge in [-0.3, -0.25) is 0 Å². The molecule has 0 saturated heterocycles. The van der Waals surface area contributed by atoms with E-state index in [0.717, 1.165) is 0 Å². The van der Waals surface area contributed by atoms with E-state index in [-0.39, 0.29) is 34.1 Å². The Bertz CT molecular complexity index is 53.7. The maximum absolute atomic E-state index is 9.49. The van der Waals surface area contributed by atoms with Crippen LogP contribution in [0.15, 0.2) is 0 Å². The summed E-state index contributed by atoms with van der Waals surface area (Å²) >= 11 is 0. The van der Waals surface area contributed by atoms with Gasteiger partial charge in [-0.05, 0) is 6.42 Å². The van der Waals surface area contributed by atoms with Gasteiger partial charge in [-0.2, -0.15) is 0 Å². The molecular formula is C4H7HgO2. The van der Waals surface area contributed by atoms with Gasteiger partial charge in [0.15, 0.2) is 0 Å². The van der Waals surface area contributed by atoms with Crippen LogP contribution >= 0.6 is 0 Å². The van der Waals surface area contributed by atoms with Crippen LogP contribution in [-0.4, -0.2) is 5.97 Å². The molecule has 0 aliphatic rings. The van der Waals surface area contributed by atoms with Crippen LogP contribution in [0.1, 0.15) is 19.8 Å². The number of carboxylic acid groups (broad SMARTS) is 1. The van der Waals surface area contributed by atoms with Gasteiger partial charge < -0.3 is 9.90 Å². The van der Waals surface area contributed by atoms with Crippen molar-refractivity contribution in [1.82, 2.24) is 0 Å². The first-order chi connectivity index (χ1) is 2.77. The second kappa shape index (κ2) is 6.41. The number of hydrogen-bond acceptors (Lipinski definition) is 2. The molecule has 0 aliphatic carbocycles. The standard InChI is InChI=1S/C4H8O2.Hg/c1-2-3-4(5)6;/h2-3H2,1H3,(H,5,6);/q;+1/p-1. The molecule has 0 aromatic carbocycles. The monoisotopic (exact) mass is 289 g/mol. The first-order valence-electron chi connectivity index (χ1n) is 1.97. The van der Waals surface area contributed by atoms with Crippen molar-refractivity contribution >= 4 is 5.97 Å². The summed E-state index contributed by atoms with van der Waals surface area (Å²) in [5.41, 5.74) is 0. The van der Waals surface area contributed by atoms with E-state index < -0.39 is 5.97 Å². The molecule has 0 aromatic heterocycles. The van der Waals surface area contributed by atoms with Gasteiger partial charge in [0.1, 0.15) is 0 Å². The Balaban J connectivity index is 0. The van der Waals surface area contributed by atoms with Crippen LogP contribution in [0.3, 0.4) is 0 Å². The minimum atomic E-state index is -0.961. The molecule has 0 rings (SSSR count). The van der Waals surface area contributed by atoms with E-state index in [4.69, 9.17) is 0 Å². The number of hydrogen-bond donors (Lipinski definition) is 0. The molecule has 0 spiro atoms. The van der Waals surface area contributed by atoms with Crippen molar-refractivity contribution in [3.8, 4) is 0 Å². The van der Waals surface area contributed by atoms with Gasteiger partial charge in [-0.25, -0.2) is 0 Å². The fraction of sp³-hybridized carbons (Fsp3) is 0.750. The maximum atomic E-state index is 9.49. The fourth-order valence-corrected chi connectivity index (χ4v) is 0.204. The summed E-state index contributed by atoms with van der Waals surface area (Å²) in [5.74, 6) is -0.961. The molecule has 3 heteroatoms. The zero-order valence-electron chi connectivity index (χ0n) is 4.44. The van der Waals surface area contributed by atoms with Gasteiger partial charge in [-0.15, -0.1) is 0 Å². The normalized spacial score (nSPS) is 7.00. The summed E-state index contributed by atoms with van der Waals surface area (Å²) in [7, 11) is 0. The van der Waals surface area contributed by atoms with E-state index >= 15 is 0 Å². The van der Waals surface area contributed by atoms with Crippen LogP contribution < -0.4 is 5.11 Å². The minimum Gasteiger partial charge on any atom is -0.550 e. The average molecular weight is 288 g/mol. The van der Waals surface area contributed by atoms with Crippen LogP contribution in [-0.2, 0) is 32.5 Å². The molecule has 0 amide bonds. The molecule has 1 radical (unpaired) electrons. The van der Waals surface area contributed by atoms with Crippen molar-refractivity contribution in [2.45, 2.75) is 19.8 Å². The Morgan fingerprint density at radius 2 is 2.14 bits per heavy atom. The summed E-state index contributed by atoms with van der Waals surface area (Å²) in [6.45, 7) is 1.80. The molecule has 0 N–H and O–H groups in total. The predicted octanol–water partition coefficient (Wildman–Crippen LogP) is -0.466. The molecular weight excluding hydrogens is 281 g/mol. The van der Waals surface area contributed by atoms with Gasteiger partial charge in [0, 0.05) is 5.97 Å². The van der Waals surface area contributed by atoms with Crippen LogP contribution in [0.5, 0.6) is 0 Å². The quantitative estimate of drug-likeness (QED) is 0.645. The van der Waals surface area contributed by atoms with Gasteiger partial charge in [0.25, 0.3) is 0 Å².